The van der Waals surface area contributed by atoms with Gasteiger partial charge in [0.1, 0.15) is 5.57 Å². The molecule has 0 N–H and O–H groups in total. The molecule has 0 radical (unpaired) electrons. The lowest BCUT2D eigenvalue weighted by atomic mass is 10.1. The summed E-state index contributed by atoms with van der Waals surface area (Å²) in [7, 11) is 0. The molecule has 4 amide bonds. The van der Waals surface area contributed by atoms with Gasteiger partial charge in [-0.2, -0.15) is 9.89 Å². The van der Waals surface area contributed by atoms with Crippen LogP contribution in [0.15, 0.2) is 16.1 Å². The average Bonchev–Trinajstić information content (AvgIpc) is 2.15. The molecule has 92 valence electrons. The molecule has 0 aromatic carbocycles. The van der Waals surface area contributed by atoms with Crippen molar-refractivity contribution in [1.29, 1.82) is 0 Å². The van der Waals surface area contributed by atoms with Gasteiger partial charge in [-0.15, -0.1) is 0 Å². The lowest BCUT2D eigenvalue weighted by Crippen LogP contribution is -2.45. The van der Waals surface area contributed by atoms with E-state index in [1.165, 1.54) is 0 Å². The first-order valence-corrected chi connectivity index (χ1v) is 5.18. The van der Waals surface area contributed by atoms with Crippen LogP contribution in [-0.4, -0.2) is 35.3 Å². The van der Waals surface area contributed by atoms with E-state index in [1.54, 1.807) is 20.8 Å². The van der Waals surface area contributed by atoms with Crippen LogP contribution in [-0.2, 0) is 14.3 Å². The van der Waals surface area contributed by atoms with Crippen LogP contribution in [0.4, 0.5) is 4.79 Å². The van der Waals surface area contributed by atoms with Crippen LogP contribution in [0.1, 0.15) is 27.7 Å². The summed E-state index contributed by atoms with van der Waals surface area (Å²) in [5, 5.41) is 0. The van der Waals surface area contributed by atoms with Crippen molar-refractivity contribution in [3.8, 4) is 0 Å². The zero-order valence-electron chi connectivity index (χ0n) is 10.2. The number of nitrogens with zero attached hydrogens (tertiary/aromatic N) is 2. The van der Waals surface area contributed by atoms with Gasteiger partial charge < -0.3 is 4.74 Å². The number of urea groups is 1. The minimum Gasteiger partial charge on any atom is -0.477 e. The van der Waals surface area contributed by atoms with Crippen molar-refractivity contribution in [3.05, 3.63) is 11.1 Å². The Kier molecular flexibility index (Phi) is 3.77. The van der Waals surface area contributed by atoms with Crippen molar-refractivity contribution >= 4 is 23.7 Å². The molecule has 0 aromatic rings. The molecule has 17 heavy (non-hydrogen) atoms. The highest BCUT2D eigenvalue weighted by Gasteiger charge is 2.37. The fourth-order valence-electron chi connectivity index (χ4n) is 1.43. The third-order valence-corrected chi connectivity index (χ3v) is 2.12. The minimum atomic E-state index is -0.907. The average molecular weight is 238 g/mol. The van der Waals surface area contributed by atoms with Crippen LogP contribution in [0.25, 0.3) is 0 Å². The van der Waals surface area contributed by atoms with Gasteiger partial charge in [-0.1, -0.05) is 5.57 Å². The van der Waals surface area contributed by atoms with Crippen molar-refractivity contribution in [2.75, 3.05) is 6.61 Å². The molecule has 0 saturated carbocycles. The molecule has 6 heteroatoms. The molecule has 0 unspecified atom stereocenters. The molecule has 6 nitrogen and oxygen atoms in total. The summed E-state index contributed by atoms with van der Waals surface area (Å²) >= 11 is 0. The molecule has 1 aliphatic rings. The molecule has 0 spiro atoms. The number of ether oxygens (including phenoxy) is 1. The van der Waals surface area contributed by atoms with E-state index >= 15 is 0 Å². The highest BCUT2D eigenvalue weighted by molar-refractivity contribution is 6.31. The van der Waals surface area contributed by atoms with Crippen LogP contribution < -0.4 is 0 Å². The first kappa shape index (κ1) is 13.1. The molecule has 0 atom stereocenters. The van der Waals surface area contributed by atoms with Crippen molar-refractivity contribution in [2.24, 2.45) is 4.99 Å². The van der Waals surface area contributed by atoms with E-state index in [0.29, 0.717) is 10.5 Å². The molecular weight excluding hydrogens is 224 g/mol. The summed E-state index contributed by atoms with van der Waals surface area (Å²) in [5.74, 6) is -1.35. The maximum absolute atomic E-state index is 12.0. The van der Waals surface area contributed by atoms with Gasteiger partial charge >= 0.3 is 6.03 Å². The standard InChI is InChI=1S/C11H14N2O4/c1-5-17-9-8(6(2)3)10(15)13(7(4)14)11(16)12-9/h5H2,1-4H3. The van der Waals surface area contributed by atoms with Gasteiger partial charge in [-0.3, -0.25) is 9.59 Å². The number of allylic oxidation sites excluding steroid dienone is 1. The van der Waals surface area contributed by atoms with E-state index < -0.39 is 17.8 Å². The second-order valence-electron chi connectivity index (χ2n) is 3.67. The van der Waals surface area contributed by atoms with Gasteiger partial charge in [-0.05, 0) is 20.8 Å². The Hall–Kier alpha value is -1.98. The number of hydrogen-bond donors (Lipinski definition) is 0. The Morgan fingerprint density at radius 2 is 1.88 bits per heavy atom. The summed E-state index contributed by atoms with van der Waals surface area (Å²) in [6, 6.07) is -0.907. The zero-order chi connectivity index (χ0) is 13.2. The third kappa shape index (κ3) is 2.41. The van der Waals surface area contributed by atoms with Gasteiger partial charge in [0.2, 0.25) is 11.8 Å². The Bertz CT molecular complexity index is 444. The van der Waals surface area contributed by atoms with Gasteiger partial charge in [-0.25, -0.2) is 4.79 Å². The number of carbonyl (C=O) groups is 3. The molecule has 1 heterocycles. The Balaban J connectivity index is 3.32. The van der Waals surface area contributed by atoms with Crippen LogP contribution in [0, 0.1) is 0 Å². The lowest BCUT2D eigenvalue weighted by Gasteiger charge is -2.23. The van der Waals surface area contributed by atoms with E-state index in [9.17, 15) is 14.4 Å². The summed E-state index contributed by atoms with van der Waals surface area (Å²) in [4.78, 5) is 38.8. The maximum Gasteiger partial charge on any atom is 0.360 e. The van der Waals surface area contributed by atoms with Crippen molar-refractivity contribution in [2.45, 2.75) is 27.7 Å². The van der Waals surface area contributed by atoms with Crippen LogP contribution in [0.5, 0.6) is 0 Å². The smallest absolute Gasteiger partial charge is 0.360 e. The van der Waals surface area contributed by atoms with Gasteiger partial charge in [0, 0.05) is 6.92 Å². The highest BCUT2D eigenvalue weighted by atomic mass is 16.5. The minimum absolute atomic E-state index is 0.0139. The lowest BCUT2D eigenvalue weighted by molar-refractivity contribution is -0.137. The maximum atomic E-state index is 12.0. The molecule has 0 aromatic heterocycles. The first-order chi connectivity index (χ1) is 7.90. The Labute approximate surface area is 98.9 Å². The van der Waals surface area contributed by atoms with Gasteiger partial charge in [0.15, 0.2) is 0 Å². The summed E-state index contributed by atoms with van der Waals surface area (Å²) in [6.45, 7) is 6.53. The van der Waals surface area contributed by atoms with E-state index in [2.05, 4.69) is 4.99 Å². The fourth-order valence-corrected chi connectivity index (χ4v) is 1.43. The summed E-state index contributed by atoms with van der Waals surface area (Å²) < 4.78 is 5.14. The van der Waals surface area contributed by atoms with E-state index in [4.69, 9.17) is 4.74 Å². The van der Waals surface area contributed by atoms with Crippen molar-refractivity contribution in [3.63, 3.8) is 0 Å². The number of imide groups is 3. The molecular formula is C11H14N2O4. The fraction of sp³-hybridized carbons (Fsp3) is 0.455. The van der Waals surface area contributed by atoms with Gasteiger partial charge in [0.05, 0.1) is 6.61 Å². The van der Waals surface area contributed by atoms with E-state index in [0.717, 1.165) is 6.92 Å². The first-order valence-electron chi connectivity index (χ1n) is 5.18. The van der Waals surface area contributed by atoms with E-state index in [-0.39, 0.29) is 18.1 Å². The molecule has 0 fully saturated rings. The SMILES string of the molecule is CCOC1=NC(=O)N(C(C)=O)C(=O)C1=C(C)C. The second kappa shape index (κ2) is 4.90. The van der Waals surface area contributed by atoms with Crippen molar-refractivity contribution < 1.29 is 19.1 Å². The topological polar surface area (TPSA) is 76.0 Å². The molecule has 0 bridgehead atoms. The summed E-state index contributed by atoms with van der Waals surface area (Å²) in [6.07, 6.45) is 0. The monoisotopic (exact) mass is 238 g/mol. The highest BCUT2D eigenvalue weighted by Crippen LogP contribution is 2.18. The second-order valence-corrected chi connectivity index (χ2v) is 3.67. The van der Waals surface area contributed by atoms with Crippen LogP contribution >= 0.6 is 0 Å². The molecule has 0 aliphatic carbocycles. The van der Waals surface area contributed by atoms with Gasteiger partial charge in [0.25, 0.3) is 5.91 Å². The Morgan fingerprint density at radius 3 is 2.29 bits per heavy atom. The zero-order valence-corrected chi connectivity index (χ0v) is 10.2. The quantitative estimate of drug-likeness (QED) is 0.644. The predicted octanol–water partition coefficient (Wildman–Crippen LogP) is 1.27. The Morgan fingerprint density at radius 1 is 1.29 bits per heavy atom. The number of amides is 4. The normalized spacial score (nSPS) is 15.9. The number of aliphatic imine (C=N–C) groups is 1. The van der Waals surface area contributed by atoms with Crippen molar-refractivity contribution in [1.82, 2.24) is 4.90 Å². The summed E-state index contributed by atoms with van der Waals surface area (Å²) in [5.41, 5.74) is 0.808. The van der Waals surface area contributed by atoms with E-state index in [1.807, 2.05) is 0 Å². The number of carbonyl (C=O) groups excluding carboxylic acids is 3. The molecule has 1 rings (SSSR count). The van der Waals surface area contributed by atoms with Crippen LogP contribution in [0.3, 0.4) is 0 Å². The largest absolute Gasteiger partial charge is 0.477 e. The molecule has 0 saturated heterocycles. The third-order valence-electron chi connectivity index (χ3n) is 2.12. The molecule has 1 aliphatic heterocycles. The number of hydrogen-bond acceptors (Lipinski definition) is 4. The number of rotatable bonds is 1. The van der Waals surface area contributed by atoms with Crippen LogP contribution in [0.2, 0.25) is 0 Å². The predicted molar refractivity (Wildman–Crippen MR) is 60.4 cm³/mol.